The maximum atomic E-state index is 3.63. The summed E-state index contributed by atoms with van der Waals surface area (Å²) in [6.45, 7) is 3.79. The molecule has 1 saturated heterocycles. The molecule has 1 aliphatic heterocycles. The zero-order valence-corrected chi connectivity index (χ0v) is 10.9. The molecule has 0 bridgehead atoms. The summed E-state index contributed by atoms with van der Waals surface area (Å²) in [5.41, 5.74) is 0. The fraction of sp³-hybridized carbons (Fsp3) is 1.00. The van der Waals surface area contributed by atoms with Crippen molar-refractivity contribution in [2.24, 2.45) is 5.92 Å². The normalized spacial score (nSPS) is 27.9. The number of likely N-dealkylation sites (tertiary alicyclic amines) is 1. The molecule has 0 radical (unpaired) electrons. The monoisotopic (exact) mass is 224 g/mol. The average Bonchev–Trinajstić information content (AvgIpc) is 2.23. The van der Waals surface area contributed by atoms with E-state index in [0.29, 0.717) is 0 Å². The Morgan fingerprint density at radius 3 is 2.50 bits per heavy atom. The van der Waals surface area contributed by atoms with Crippen LogP contribution in [-0.2, 0) is 0 Å². The minimum absolute atomic E-state index is 0.852. The van der Waals surface area contributed by atoms with E-state index in [1.165, 1.54) is 71.0 Å². The lowest BCUT2D eigenvalue weighted by Crippen LogP contribution is -2.38. The van der Waals surface area contributed by atoms with E-state index in [2.05, 4.69) is 17.3 Å². The molecule has 2 nitrogen and oxygen atoms in total. The maximum Gasteiger partial charge on any atom is 0.0104 e. The largest absolute Gasteiger partial charge is 0.317 e. The van der Waals surface area contributed by atoms with Gasteiger partial charge in [-0.15, -0.1) is 0 Å². The predicted octanol–water partition coefficient (Wildman–Crippen LogP) is 2.64. The van der Waals surface area contributed by atoms with Crippen LogP contribution in [-0.4, -0.2) is 37.6 Å². The van der Waals surface area contributed by atoms with Gasteiger partial charge in [0.1, 0.15) is 0 Å². The third-order valence-corrected chi connectivity index (χ3v) is 4.53. The van der Waals surface area contributed by atoms with Gasteiger partial charge in [-0.25, -0.2) is 0 Å². The van der Waals surface area contributed by atoms with E-state index in [1.807, 2.05) is 0 Å². The van der Waals surface area contributed by atoms with Gasteiger partial charge in [-0.1, -0.05) is 25.7 Å². The molecule has 1 saturated carbocycles. The highest BCUT2D eigenvalue weighted by molar-refractivity contribution is 4.75. The summed E-state index contributed by atoms with van der Waals surface area (Å²) < 4.78 is 0. The van der Waals surface area contributed by atoms with Crippen molar-refractivity contribution in [3.63, 3.8) is 0 Å². The molecule has 2 fully saturated rings. The summed E-state index contributed by atoms with van der Waals surface area (Å²) in [6.07, 6.45) is 11.5. The van der Waals surface area contributed by atoms with Gasteiger partial charge in [-0.05, 0) is 58.3 Å². The highest BCUT2D eigenvalue weighted by atomic mass is 15.1. The van der Waals surface area contributed by atoms with Crippen molar-refractivity contribution in [1.82, 2.24) is 10.2 Å². The second kappa shape index (κ2) is 6.61. The Hall–Kier alpha value is -0.0800. The lowest BCUT2D eigenvalue weighted by Gasteiger charge is -2.32. The first kappa shape index (κ1) is 12.4. The first-order chi connectivity index (χ1) is 7.86. The van der Waals surface area contributed by atoms with E-state index < -0.39 is 0 Å². The van der Waals surface area contributed by atoms with E-state index in [4.69, 9.17) is 0 Å². The van der Waals surface area contributed by atoms with Crippen molar-refractivity contribution in [2.75, 3.05) is 26.7 Å². The summed E-state index contributed by atoms with van der Waals surface area (Å²) in [6, 6.07) is 0.852. The fourth-order valence-corrected chi connectivity index (χ4v) is 2.99. The predicted molar refractivity (Wildman–Crippen MR) is 69.7 cm³/mol. The van der Waals surface area contributed by atoms with Crippen molar-refractivity contribution in [2.45, 2.75) is 57.4 Å². The van der Waals surface area contributed by atoms with E-state index in [-0.39, 0.29) is 0 Å². The Morgan fingerprint density at radius 1 is 1.00 bits per heavy atom. The summed E-state index contributed by atoms with van der Waals surface area (Å²) in [7, 11) is 2.29. The topological polar surface area (TPSA) is 15.3 Å². The Labute approximate surface area is 101 Å². The Morgan fingerprint density at radius 2 is 1.81 bits per heavy atom. The van der Waals surface area contributed by atoms with Crippen LogP contribution in [0.1, 0.15) is 51.4 Å². The zero-order valence-electron chi connectivity index (χ0n) is 10.9. The third-order valence-electron chi connectivity index (χ3n) is 4.53. The molecule has 0 spiro atoms. The third kappa shape index (κ3) is 3.74. The molecule has 2 heteroatoms. The summed E-state index contributed by atoms with van der Waals surface area (Å²) in [5.74, 6) is 1.06. The molecule has 1 atom stereocenters. The number of nitrogens with zero attached hydrogens (tertiary/aromatic N) is 1. The van der Waals surface area contributed by atoms with E-state index >= 15 is 0 Å². The van der Waals surface area contributed by atoms with Gasteiger partial charge in [0.2, 0.25) is 0 Å². The molecule has 1 N–H and O–H groups in total. The van der Waals surface area contributed by atoms with Crippen LogP contribution < -0.4 is 5.32 Å². The van der Waals surface area contributed by atoms with Gasteiger partial charge in [-0.2, -0.15) is 0 Å². The van der Waals surface area contributed by atoms with Crippen LogP contribution in [0.5, 0.6) is 0 Å². The van der Waals surface area contributed by atoms with Crippen molar-refractivity contribution < 1.29 is 0 Å². The lowest BCUT2D eigenvalue weighted by atomic mass is 9.83. The number of hydrogen-bond acceptors (Lipinski definition) is 2. The van der Waals surface area contributed by atoms with Gasteiger partial charge < -0.3 is 10.2 Å². The lowest BCUT2D eigenvalue weighted by molar-refractivity contribution is 0.175. The van der Waals surface area contributed by atoms with Crippen LogP contribution in [0.3, 0.4) is 0 Å². The molecule has 1 heterocycles. The molecule has 0 aromatic carbocycles. The smallest absolute Gasteiger partial charge is 0.0104 e. The standard InChI is InChI=1S/C14H28N2/c1-16-12-3-2-7-14(16)9-11-15-10-8-13-5-4-6-13/h13-15H,2-12H2,1H3. The molecule has 94 valence electrons. The average molecular weight is 224 g/mol. The molecule has 1 aliphatic carbocycles. The summed E-state index contributed by atoms with van der Waals surface area (Å²) >= 11 is 0. The van der Waals surface area contributed by atoms with Gasteiger partial charge in [0, 0.05) is 6.04 Å². The van der Waals surface area contributed by atoms with Crippen molar-refractivity contribution in [3.8, 4) is 0 Å². The minimum Gasteiger partial charge on any atom is -0.317 e. The number of nitrogens with one attached hydrogen (secondary N) is 1. The second-order valence-corrected chi connectivity index (χ2v) is 5.75. The molecule has 1 unspecified atom stereocenters. The van der Waals surface area contributed by atoms with E-state index in [1.54, 1.807) is 0 Å². The van der Waals surface area contributed by atoms with Gasteiger partial charge in [0.15, 0.2) is 0 Å². The molecule has 0 aromatic rings. The Balaban J connectivity index is 1.46. The van der Waals surface area contributed by atoms with Crippen molar-refractivity contribution >= 4 is 0 Å². The second-order valence-electron chi connectivity index (χ2n) is 5.75. The van der Waals surface area contributed by atoms with E-state index in [0.717, 1.165) is 12.0 Å². The SMILES string of the molecule is CN1CCCCC1CCNCCC1CCC1. The summed E-state index contributed by atoms with van der Waals surface area (Å²) in [4.78, 5) is 2.55. The number of rotatable bonds is 6. The molecular formula is C14H28N2. The molecular weight excluding hydrogens is 196 g/mol. The molecule has 0 aromatic heterocycles. The highest BCUT2D eigenvalue weighted by Gasteiger charge is 2.18. The van der Waals surface area contributed by atoms with Crippen LogP contribution in [0.2, 0.25) is 0 Å². The zero-order chi connectivity index (χ0) is 11.2. The maximum absolute atomic E-state index is 3.63. The molecule has 2 aliphatic rings. The highest BCUT2D eigenvalue weighted by Crippen LogP contribution is 2.28. The first-order valence-corrected chi connectivity index (χ1v) is 7.27. The molecule has 2 rings (SSSR count). The van der Waals surface area contributed by atoms with Crippen LogP contribution in [0.15, 0.2) is 0 Å². The van der Waals surface area contributed by atoms with Gasteiger partial charge in [0.25, 0.3) is 0 Å². The van der Waals surface area contributed by atoms with Gasteiger partial charge in [0.05, 0.1) is 0 Å². The van der Waals surface area contributed by atoms with Crippen molar-refractivity contribution in [1.29, 1.82) is 0 Å². The quantitative estimate of drug-likeness (QED) is 0.698. The van der Waals surface area contributed by atoms with E-state index in [9.17, 15) is 0 Å². The van der Waals surface area contributed by atoms with Gasteiger partial charge >= 0.3 is 0 Å². The summed E-state index contributed by atoms with van der Waals surface area (Å²) in [5, 5.41) is 3.63. The van der Waals surface area contributed by atoms with Crippen LogP contribution in [0.25, 0.3) is 0 Å². The Kier molecular flexibility index (Phi) is 5.11. The molecule has 0 amide bonds. The number of hydrogen-bond donors (Lipinski definition) is 1. The Bertz CT molecular complexity index is 189. The fourth-order valence-electron chi connectivity index (χ4n) is 2.99. The molecule has 16 heavy (non-hydrogen) atoms. The van der Waals surface area contributed by atoms with Gasteiger partial charge in [-0.3, -0.25) is 0 Å². The van der Waals surface area contributed by atoms with Crippen LogP contribution >= 0.6 is 0 Å². The van der Waals surface area contributed by atoms with Crippen molar-refractivity contribution in [3.05, 3.63) is 0 Å². The van der Waals surface area contributed by atoms with Crippen LogP contribution in [0.4, 0.5) is 0 Å². The number of piperidine rings is 1. The first-order valence-electron chi connectivity index (χ1n) is 7.27. The minimum atomic E-state index is 0.852. The van der Waals surface area contributed by atoms with Crippen LogP contribution in [0, 0.1) is 5.92 Å².